The monoisotopic (exact) mass is 1290 g/mol. The van der Waals surface area contributed by atoms with Crippen molar-refractivity contribution in [2.75, 3.05) is 157 Å². The lowest BCUT2D eigenvalue weighted by molar-refractivity contribution is 0.0686. The van der Waals surface area contributed by atoms with E-state index in [0.717, 1.165) is 41.1 Å². The second-order valence-corrected chi connectivity index (χ2v) is 21.4. The summed E-state index contributed by atoms with van der Waals surface area (Å²) >= 11 is 0. The van der Waals surface area contributed by atoms with E-state index in [-0.39, 0.29) is 189 Å². The maximum absolute atomic E-state index is 14.2. The highest BCUT2D eigenvalue weighted by molar-refractivity contribution is 5.99. The molecule has 498 valence electrons. The van der Waals surface area contributed by atoms with Gasteiger partial charge >= 0.3 is 0 Å². The first kappa shape index (κ1) is 68.6. The summed E-state index contributed by atoms with van der Waals surface area (Å²) in [5, 5.41) is 53.9. The lowest BCUT2D eigenvalue weighted by Crippen LogP contribution is -2.45. The third-order valence-electron chi connectivity index (χ3n) is 15.2. The first-order valence-electron chi connectivity index (χ1n) is 30.0. The zero-order chi connectivity index (χ0) is 66.4. The number of ether oxygens (including phenoxy) is 2. The quantitative estimate of drug-likeness (QED) is 0.0753. The van der Waals surface area contributed by atoms with E-state index in [9.17, 15) is 73.2 Å². The fourth-order valence-electron chi connectivity index (χ4n) is 10.0. The highest BCUT2D eigenvalue weighted by atomic mass is 16.7. The standard InChI is InChI=1S/C59H74N16O18/c76-48-40-6-11-45(73(89)56(40)84)53(81)65-19-27-69-23-15-61-49(77)41-7-10-44(72(88)57(41)85)52(80)64-18-26-68(22-14-60-48)30-34-91-36-32-70-25-17-63-51(79)43-9-13-47(75(59(43)87)93-38-39-4-2-1-3-5-39)55(83)67-21-29-71(33-37-92-35-31-69)24-16-62-50(78)42-8-12-46(74(90)58(42)86)54(82)66-20-28-70/h1-13,88-90H,14-38H2,(H,60,76)(H,61,77)(H,62,78)(H,63,79)(H,64,80)(H,65,81)(H,66,82)(H,67,83). The van der Waals surface area contributed by atoms with Crippen LogP contribution in [0.1, 0.15) is 88.9 Å². The number of rotatable bonds is 3. The maximum Gasteiger partial charge on any atom is 0.296 e. The summed E-state index contributed by atoms with van der Waals surface area (Å²) in [5.74, 6) is -6.81. The van der Waals surface area contributed by atoms with Crippen molar-refractivity contribution in [3.05, 3.63) is 171 Å². The van der Waals surface area contributed by atoms with Crippen LogP contribution >= 0.6 is 0 Å². The Kier molecular flexibility index (Phi) is 24.9. The van der Waals surface area contributed by atoms with Crippen molar-refractivity contribution in [1.82, 2.24) is 81.1 Å². The van der Waals surface area contributed by atoms with E-state index in [2.05, 4.69) is 42.5 Å². The van der Waals surface area contributed by atoms with Crippen molar-refractivity contribution < 1.29 is 68.3 Å². The Morgan fingerprint density at radius 2 is 0.570 bits per heavy atom. The highest BCUT2D eigenvalue weighted by Crippen LogP contribution is 2.07. The summed E-state index contributed by atoms with van der Waals surface area (Å²) in [4.78, 5) is 176. The Hall–Kier alpha value is -10.3. The number of hydrogen-bond acceptors (Lipinski definition) is 22. The third kappa shape index (κ3) is 18.7. The number of carbonyl (C=O) groups excluding carboxylic acids is 8. The number of nitrogens with zero attached hydrogens (tertiary/aromatic N) is 8. The smallest absolute Gasteiger partial charge is 0.296 e. The van der Waals surface area contributed by atoms with Crippen LogP contribution in [0.2, 0.25) is 0 Å². The van der Waals surface area contributed by atoms with Gasteiger partial charge in [0, 0.05) is 131 Å². The second kappa shape index (κ2) is 33.7. The molecule has 5 aromatic rings. The van der Waals surface area contributed by atoms with Crippen molar-refractivity contribution in [2.24, 2.45) is 0 Å². The number of hydrogen-bond donors (Lipinski definition) is 11. The Balaban J connectivity index is 1.12. The van der Waals surface area contributed by atoms with E-state index in [0.29, 0.717) is 5.56 Å². The number of pyridine rings is 4. The molecule has 0 radical (unpaired) electrons. The molecule has 14 heterocycles. The Labute approximate surface area is 529 Å². The zero-order valence-corrected chi connectivity index (χ0v) is 50.7. The second-order valence-electron chi connectivity index (χ2n) is 21.4. The first-order chi connectivity index (χ1) is 44.9. The molecule has 4 atom stereocenters. The van der Waals surface area contributed by atoms with Crippen LogP contribution in [0.15, 0.2) is 98.0 Å². The third-order valence-corrected chi connectivity index (χ3v) is 15.2. The summed E-state index contributed by atoms with van der Waals surface area (Å²) in [7, 11) is 0. The van der Waals surface area contributed by atoms with Crippen molar-refractivity contribution in [1.29, 1.82) is 0 Å². The van der Waals surface area contributed by atoms with Gasteiger partial charge in [0.05, 0.1) is 26.4 Å². The first-order valence-corrected chi connectivity index (χ1v) is 30.0. The average Bonchev–Trinajstić information content (AvgIpc) is 1.08. The molecule has 10 aliphatic heterocycles. The number of nitrogens with one attached hydrogen (secondary N) is 8. The van der Waals surface area contributed by atoms with E-state index >= 15 is 0 Å². The fourth-order valence-corrected chi connectivity index (χ4v) is 10.0. The molecule has 4 aromatic heterocycles. The zero-order valence-electron chi connectivity index (χ0n) is 50.7. The van der Waals surface area contributed by atoms with Gasteiger partial charge in [0.15, 0.2) is 0 Å². The van der Waals surface area contributed by atoms with Crippen LogP contribution in [-0.2, 0) is 16.1 Å². The highest BCUT2D eigenvalue weighted by Gasteiger charge is 2.26. The normalized spacial score (nSPS) is 20.8. The van der Waals surface area contributed by atoms with Crippen LogP contribution in [-0.4, -0.2) is 259 Å². The molecule has 11 N–H and O–H groups in total. The number of aromatic nitrogens is 4. The van der Waals surface area contributed by atoms with Crippen molar-refractivity contribution in [3.8, 4) is 0 Å². The van der Waals surface area contributed by atoms with E-state index < -0.39 is 103 Å². The minimum atomic E-state index is -1.18. The van der Waals surface area contributed by atoms with Gasteiger partial charge in [-0.15, -0.1) is 18.9 Å². The van der Waals surface area contributed by atoms with Crippen LogP contribution in [0, 0.1) is 0 Å². The van der Waals surface area contributed by atoms with Crippen molar-refractivity contribution in [2.45, 2.75) is 6.61 Å². The van der Waals surface area contributed by atoms with Gasteiger partial charge in [-0.25, -0.2) is 0 Å². The molecule has 34 nitrogen and oxygen atoms in total. The van der Waals surface area contributed by atoms with Crippen LogP contribution in [0.5, 0.6) is 0 Å². The molecule has 8 amide bonds. The van der Waals surface area contributed by atoms with Gasteiger partial charge in [-0.05, 0) is 54.1 Å². The predicted molar refractivity (Wildman–Crippen MR) is 327 cm³/mol. The van der Waals surface area contributed by atoms with E-state index in [1.54, 1.807) is 49.9 Å². The predicted octanol–water partition coefficient (Wildman–Crippen LogP) is -5.10. The van der Waals surface area contributed by atoms with E-state index in [1.807, 2.05) is 0 Å². The van der Waals surface area contributed by atoms with Gasteiger partial charge in [-0.1, -0.05) is 30.3 Å². The van der Waals surface area contributed by atoms with Gasteiger partial charge in [-0.3, -0.25) is 77.1 Å². The molecular formula is C59H74N16O18. The van der Waals surface area contributed by atoms with Gasteiger partial charge in [0.25, 0.3) is 69.5 Å². The van der Waals surface area contributed by atoms with Gasteiger partial charge in [0.2, 0.25) is 0 Å². The molecule has 0 saturated heterocycles. The molecule has 10 aliphatic rings. The lowest BCUT2D eigenvalue weighted by Gasteiger charge is -2.25. The summed E-state index contributed by atoms with van der Waals surface area (Å²) in [6.07, 6.45) is 0. The molecule has 15 rings (SSSR count). The molecule has 4 unspecified atom stereocenters. The van der Waals surface area contributed by atoms with Gasteiger partial charge < -0.3 is 72.5 Å². The average molecular weight is 1300 g/mol. The number of benzene rings is 1. The van der Waals surface area contributed by atoms with Crippen LogP contribution in [0.3, 0.4) is 0 Å². The largest absolute Gasteiger partial charge is 0.425 e. The Bertz CT molecular complexity index is 3780. The number of amides is 8. The Morgan fingerprint density at radius 3 is 0.871 bits per heavy atom. The molecule has 0 aliphatic carbocycles. The van der Waals surface area contributed by atoms with Crippen LogP contribution in [0.25, 0.3) is 0 Å². The molecule has 0 fully saturated rings. The number of carbonyl (C=O) groups is 8. The molecule has 0 saturated carbocycles. The Morgan fingerprint density at radius 1 is 0.312 bits per heavy atom. The maximum atomic E-state index is 14.2. The minimum Gasteiger partial charge on any atom is -0.425 e. The summed E-state index contributed by atoms with van der Waals surface area (Å²) < 4.78 is 13.0. The molecule has 34 heteroatoms. The fraction of sp³-hybridized carbons (Fsp3) is 0.424. The molecule has 1 aromatic carbocycles. The van der Waals surface area contributed by atoms with E-state index in [1.165, 1.54) is 12.1 Å². The molecule has 12 bridgehead atoms. The van der Waals surface area contributed by atoms with Crippen molar-refractivity contribution >= 4 is 47.3 Å². The van der Waals surface area contributed by atoms with Gasteiger partial charge in [0.1, 0.15) is 51.6 Å². The molecular weight excluding hydrogens is 1220 g/mol. The topological polar surface area (TPSA) is 422 Å². The van der Waals surface area contributed by atoms with Crippen LogP contribution < -0.4 is 69.6 Å². The SMILES string of the molecule is O=C1NCCN2CCNC(=O)c3ccc(c(=O)n3O)C(=O)NCCN(CCNC(=O)c3ccc1c(=O)n3O)CCOCCN1CCNC(=O)c3ccc(n(OCc4ccccc4)c3=O)C(=O)NCCN(CCNC(=O)c3ccc(n(O)c3=O)C(=O)NCC1)CCOCC2. The molecule has 0 spiro atoms. The van der Waals surface area contributed by atoms with E-state index in [4.69, 9.17) is 14.3 Å². The van der Waals surface area contributed by atoms with Gasteiger partial charge in [-0.2, -0.15) is 0 Å². The summed E-state index contributed by atoms with van der Waals surface area (Å²) in [6.45, 7) is 0.322. The van der Waals surface area contributed by atoms with Crippen molar-refractivity contribution in [3.63, 3.8) is 0 Å². The lowest BCUT2D eigenvalue weighted by atomic mass is 10.2. The summed E-state index contributed by atoms with van der Waals surface area (Å²) in [6, 6.07) is 17.9. The minimum absolute atomic E-state index is 0.0151. The summed E-state index contributed by atoms with van der Waals surface area (Å²) in [5.41, 5.74) is -7.33. The van der Waals surface area contributed by atoms with Crippen LogP contribution in [0.4, 0.5) is 0 Å². The molecule has 93 heavy (non-hydrogen) atoms. The number of fused-ring (bicyclic) bond motifs is 8.